The highest BCUT2D eigenvalue weighted by Gasteiger charge is 2.25. The quantitative estimate of drug-likeness (QED) is 0.353. The normalized spacial score (nSPS) is 14.6. The molecule has 4 aromatic rings. The fraction of sp³-hybridized carbons (Fsp3) is 0.407. The van der Waals surface area contributed by atoms with Crippen molar-refractivity contribution in [1.29, 1.82) is 0 Å². The number of nitrogens with zero attached hydrogens (tertiary/aromatic N) is 4. The average molecular weight is 465 g/mol. The van der Waals surface area contributed by atoms with E-state index in [1.165, 1.54) is 52.5 Å². The fourth-order valence-electron chi connectivity index (χ4n) is 5.19. The van der Waals surface area contributed by atoms with Crippen molar-refractivity contribution >= 4 is 29.1 Å². The van der Waals surface area contributed by atoms with Gasteiger partial charge >= 0.3 is 0 Å². The van der Waals surface area contributed by atoms with Gasteiger partial charge in [0.25, 0.3) is 0 Å². The molecule has 0 unspecified atom stereocenters. The maximum Gasteiger partial charge on any atom is 0.153 e. The average Bonchev–Trinajstić information content (AvgIpc) is 3.26. The van der Waals surface area contributed by atoms with E-state index >= 15 is 0 Å². The number of hydrogen-bond acceptors (Lipinski definition) is 4. The van der Waals surface area contributed by atoms with Crippen LogP contribution in [0, 0.1) is 33.6 Å². The van der Waals surface area contributed by atoms with E-state index in [1.807, 2.05) is 20.0 Å². The van der Waals surface area contributed by atoms with E-state index in [9.17, 15) is 0 Å². The Labute approximate surface area is 202 Å². The van der Waals surface area contributed by atoms with Crippen molar-refractivity contribution in [2.45, 2.75) is 53.5 Å². The summed E-state index contributed by atoms with van der Waals surface area (Å²) in [4.78, 5) is 7.39. The maximum atomic E-state index is 5.44. The van der Waals surface area contributed by atoms with Gasteiger partial charge in [0.05, 0.1) is 17.8 Å². The number of pyridine rings is 1. The van der Waals surface area contributed by atoms with E-state index in [0.29, 0.717) is 0 Å². The lowest BCUT2D eigenvalue weighted by Gasteiger charge is -2.33. The van der Waals surface area contributed by atoms with Crippen LogP contribution in [0.4, 0.5) is 5.82 Å². The molecule has 0 spiro atoms. The topological polar surface area (TPSA) is 47.1 Å². The molecular weight excluding hydrogens is 432 g/mol. The van der Waals surface area contributed by atoms with Gasteiger partial charge in [-0.05, 0) is 70.1 Å². The van der Waals surface area contributed by atoms with Gasteiger partial charge in [-0.3, -0.25) is 0 Å². The summed E-state index contributed by atoms with van der Waals surface area (Å²) >= 11 is 0. The standard InChI is InChI=1S/C27H32N4O.ClH/c1-18-20(3)31(17-25-19(2)29-32-21(25)4)26-24(18)10-13-28-27(26)30-14-11-23(12-15-30)16-22-8-6-5-7-9-22;/h5-10,13,23H,11-12,14-17H2,1-4H3;1H. The van der Waals surface area contributed by atoms with Crippen LogP contribution in [0.25, 0.3) is 10.9 Å². The minimum atomic E-state index is 0. The number of hydrogen-bond donors (Lipinski definition) is 0. The zero-order valence-corrected chi connectivity index (χ0v) is 20.8. The Morgan fingerprint density at radius 3 is 2.39 bits per heavy atom. The molecule has 6 heteroatoms. The minimum Gasteiger partial charge on any atom is -0.361 e. The molecule has 0 radical (unpaired) electrons. The molecule has 1 saturated heterocycles. The van der Waals surface area contributed by atoms with Crippen LogP contribution in [0.2, 0.25) is 0 Å². The molecular formula is C27H33ClN4O. The molecule has 0 aliphatic carbocycles. The first kappa shape index (κ1) is 23.4. The van der Waals surface area contributed by atoms with Crippen molar-refractivity contribution in [3.8, 4) is 0 Å². The predicted octanol–water partition coefficient (Wildman–Crippen LogP) is 6.19. The zero-order chi connectivity index (χ0) is 22.2. The van der Waals surface area contributed by atoms with Crippen LogP contribution in [0.5, 0.6) is 0 Å². The van der Waals surface area contributed by atoms with Crippen molar-refractivity contribution in [1.82, 2.24) is 14.7 Å². The number of aromatic nitrogens is 3. The molecule has 5 nitrogen and oxygen atoms in total. The number of halogens is 1. The van der Waals surface area contributed by atoms with Gasteiger partial charge < -0.3 is 14.0 Å². The summed E-state index contributed by atoms with van der Waals surface area (Å²) < 4.78 is 7.86. The van der Waals surface area contributed by atoms with E-state index in [-0.39, 0.29) is 12.4 Å². The smallest absolute Gasteiger partial charge is 0.153 e. The van der Waals surface area contributed by atoms with Crippen molar-refractivity contribution in [3.63, 3.8) is 0 Å². The molecule has 1 fully saturated rings. The second-order valence-electron chi connectivity index (χ2n) is 9.25. The molecule has 0 saturated carbocycles. The predicted molar refractivity (Wildman–Crippen MR) is 137 cm³/mol. The van der Waals surface area contributed by atoms with Crippen molar-refractivity contribution < 1.29 is 4.52 Å². The monoisotopic (exact) mass is 464 g/mol. The molecule has 1 aromatic carbocycles. The Bertz CT molecular complexity index is 1220. The zero-order valence-electron chi connectivity index (χ0n) is 20.0. The molecule has 0 atom stereocenters. The van der Waals surface area contributed by atoms with Crippen LogP contribution in [-0.4, -0.2) is 27.8 Å². The highest BCUT2D eigenvalue weighted by atomic mass is 35.5. The van der Waals surface area contributed by atoms with Crippen LogP contribution in [0.1, 0.15) is 46.7 Å². The van der Waals surface area contributed by atoms with Gasteiger partial charge in [0.2, 0.25) is 0 Å². The summed E-state index contributed by atoms with van der Waals surface area (Å²) in [7, 11) is 0. The van der Waals surface area contributed by atoms with Crippen LogP contribution in [0.15, 0.2) is 47.1 Å². The highest BCUT2D eigenvalue weighted by molar-refractivity contribution is 5.93. The summed E-state index contributed by atoms with van der Waals surface area (Å²) in [5.41, 5.74) is 7.44. The van der Waals surface area contributed by atoms with Crippen molar-refractivity contribution in [3.05, 3.63) is 76.4 Å². The SMILES string of the molecule is Cc1noc(C)c1Cn1c(C)c(C)c2ccnc(N3CCC(Cc4ccccc4)CC3)c21.Cl. The molecule has 33 heavy (non-hydrogen) atoms. The van der Waals surface area contributed by atoms with Crippen LogP contribution in [0.3, 0.4) is 0 Å². The van der Waals surface area contributed by atoms with E-state index < -0.39 is 0 Å². The Hall–Kier alpha value is -2.79. The molecule has 5 rings (SSSR count). The Morgan fingerprint density at radius 1 is 1.00 bits per heavy atom. The summed E-state index contributed by atoms with van der Waals surface area (Å²) in [5, 5.41) is 5.47. The van der Waals surface area contributed by atoms with Crippen LogP contribution in [-0.2, 0) is 13.0 Å². The largest absolute Gasteiger partial charge is 0.361 e. The summed E-state index contributed by atoms with van der Waals surface area (Å²) in [6.45, 7) is 11.3. The van der Waals surface area contributed by atoms with E-state index in [0.717, 1.165) is 42.8 Å². The lowest BCUT2D eigenvalue weighted by Crippen LogP contribution is -2.35. The first-order valence-electron chi connectivity index (χ1n) is 11.7. The van der Waals surface area contributed by atoms with Crippen molar-refractivity contribution in [2.75, 3.05) is 18.0 Å². The molecule has 0 amide bonds. The third-order valence-electron chi connectivity index (χ3n) is 7.31. The maximum absolute atomic E-state index is 5.44. The minimum absolute atomic E-state index is 0. The Morgan fingerprint density at radius 2 is 1.73 bits per heavy atom. The Kier molecular flexibility index (Phi) is 6.80. The Balaban J connectivity index is 0.00000259. The number of rotatable bonds is 5. The molecule has 174 valence electrons. The molecule has 1 aliphatic rings. The molecule has 0 bridgehead atoms. The van der Waals surface area contributed by atoms with E-state index in [2.05, 4.69) is 64.9 Å². The van der Waals surface area contributed by atoms with Gasteiger partial charge in [0.1, 0.15) is 5.76 Å². The summed E-state index contributed by atoms with van der Waals surface area (Å²) in [6.07, 6.45) is 5.55. The molecule has 1 aliphatic heterocycles. The molecule has 0 N–H and O–H groups in total. The number of anilines is 1. The second-order valence-corrected chi connectivity index (χ2v) is 9.25. The summed E-state index contributed by atoms with van der Waals surface area (Å²) in [5.74, 6) is 2.75. The highest BCUT2D eigenvalue weighted by Crippen LogP contribution is 2.35. The molecule has 4 heterocycles. The van der Waals surface area contributed by atoms with Gasteiger partial charge in [-0.1, -0.05) is 35.5 Å². The second kappa shape index (κ2) is 9.60. The summed E-state index contributed by atoms with van der Waals surface area (Å²) in [6, 6.07) is 13.1. The van der Waals surface area contributed by atoms with Gasteiger partial charge in [-0.2, -0.15) is 0 Å². The van der Waals surface area contributed by atoms with Crippen molar-refractivity contribution in [2.24, 2.45) is 5.92 Å². The first-order valence-corrected chi connectivity index (χ1v) is 11.7. The third kappa shape index (κ3) is 4.39. The number of aryl methyl sites for hydroxylation is 3. The fourth-order valence-corrected chi connectivity index (χ4v) is 5.19. The number of benzene rings is 1. The van der Waals surface area contributed by atoms with Crippen LogP contribution >= 0.6 is 12.4 Å². The lowest BCUT2D eigenvalue weighted by molar-refractivity contribution is 0.392. The lowest BCUT2D eigenvalue weighted by atomic mass is 9.90. The van der Waals surface area contributed by atoms with Crippen LogP contribution < -0.4 is 4.90 Å². The van der Waals surface area contributed by atoms with Gasteiger partial charge in [0.15, 0.2) is 5.82 Å². The molecule has 3 aromatic heterocycles. The van der Waals surface area contributed by atoms with Gasteiger partial charge in [0, 0.05) is 35.9 Å². The number of piperidine rings is 1. The first-order chi connectivity index (χ1) is 15.5. The van der Waals surface area contributed by atoms with Gasteiger partial charge in [-0.25, -0.2) is 4.98 Å². The van der Waals surface area contributed by atoms with E-state index in [4.69, 9.17) is 9.51 Å². The van der Waals surface area contributed by atoms with Gasteiger partial charge in [-0.15, -0.1) is 12.4 Å². The number of fused-ring (bicyclic) bond motifs is 1. The third-order valence-corrected chi connectivity index (χ3v) is 7.31. The van der Waals surface area contributed by atoms with E-state index in [1.54, 1.807) is 0 Å².